The molecular weight excluding hydrogens is 367 g/mol. The van der Waals surface area contributed by atoms with Gasteiger partial charge in [-0.1, -0.05) is 6.07 Å². The van der Waals surface area contributed by atoms with E-state index in [1.807, 2.05) is 0 Å². The van der Waals surface area contributed by atoms with Crippen LogP contribution in [0.3, 0.4) is 0 Å². The second kappa shape index (κ2) is 6.67. The fourth-order valence-electron chi connectivity index (χ4n) is 2.52. The van der Waals surface area contributed by atoms with Crippen molar-refractivity contribution in [1.29, 1.82) is 0 Å². The largest absolute Gasteiger partial charge is 0.416 e. The van der Waals surface area contributed by atoms with Crippen LogP contribution in [0.4, 0.5) is 18.9 Å². The molecule has 140 valence electrons. The van der Waals surface area contributed by atoms with E-state index in [0.29, 0.717) is 11.1 Å². The minimum Gasteiger partial charge on any atom is -0.258 e. The molecule has 0 fully saturated rings. The van der Waals surface area contributed by atoms with Crippen molar-refractivity contribution >= 4 is 5.69 Å². The van der Waals surface area contributed by atoms with E-state index in [1.165, 1.54) is 12.1 Å². The molecular formula is C16H12F3N5O3. The van der Waals surface area contributed by atoms with Gasteiger partial charge in [-0.05, 0) is 53.2 Å². The Hall–Kier alpha value is -3.50. The summed E-state index contributed by atoms with van der Waals surface area (Å²) in [6.45, 7) is 1.59. The van der Waals surface area contributed by atoms with Crippen LogP contribution in [0.2, 0.25) is 0 Å². The van der Waals surface area contributed by atoms with Crippen molar-refractivity contribution in [2.75, 3.05) is 0 Å². The van der Waals surface area contributed by atoms with Crippen molar-refractivity contribution in [3.05, 3.63) is 79.8 Å². The van der Waals surface area contributed by atoms with Crippen molar-refractivity contribution in [3.8, 4) is 5.69 Å². The quantitative estimate of drug-likeness (QED) is 0.513. The second-order valence-electron chi connectivity index (χ2n) is 5.75. The highest BCUT2D eigenvalue weighted by atomic mass is 19.4. The number of hydrogen-bond donors (Lipinski definition) is 0. The number of alkyl halides is 3. The molecule has 0 aliphatic rings. The van der Waals surface area contributed by atoms with Crippen LogP contribution in [0.15, 0.2) is 47.3 Å². The number of benzene rings is 2. The molecule has 0 bridgehead atoms. The van der Waals surface area contributed by atoms with Gasteiger partial charge in [-0.25, -0.2) is 4.79 Å². The van der Waals surface area contributed by atoms with E-state index in [4.69, 9.17) is 0 Å². The lowest BCUT2D eigenvalue weighted by molar-refractivity contribution is -0.385. The van der Waals surface area contributed by atoms with E-state index in [0.717, 1.165) is 33.6 Å². The van der Waals surface area contributed by atoms with E-state index >= 15 is 0 Å². The van der Waals surface area contributed by atoms with Gasteiger partial charge in [0.2, 0.25) is 0 Å². The van der Waals surface area contributed by atoms with Gasteiger partial charge in [0.15, 0.2) is 0 Å². The van der Waals surface area contributed by atoms with Gasteiger partial charge in [-0.3, -0.25) is 10.1 Å². The van der Waals surface area contributed by atoms with E-state index < -0.39 is 22.4 Å². The zero-order valence-electron chi connectivity index (χ0n) is 13.8. The third kappa shape index (κ3) is 3.71. The Balaban J connectivity index is 1.87. The number of hydrogen-bond acceptors (Lipinski definition) is 5. The Morgan fingerprint density at radius 2 is 1.78 bits per heavy atom. The normalized spacial score (nSPS) is 11.6. The van der Waals surface area contributed by atoms with Crippen molar-refractivity contribution in [1.82, 2.24) is 19.8 Å². The SMILES string of the molecule is Cc1cc(Cn2nnn(-c3ccc(C(F)(F)F)cc3)c2=O)ccc1[N+](=O)[O-]. The van der Waals surface area contributed by atoms with Crippen LogP contribution in [-0.4, -0.2) is 24.7 Å². The fourth-order valence-corrected chi connectivity index (χ4v) is 2.52. The van der Waals surface area contributed by atoms with Crippen LogP contribution in [0.5, 0.6) is 0 Å². The second-order valence-corrected chi connectivity index (χ2v) is 5.75. The molecule has 0 radical (unpaired) electrons. The maximum atomic E-state index is 12.6. The van der Waals surface area contributed by atoms with Gasteiger partial charge in [0.1, 0.15) is 0 Å². The molecule has 8 nitrogen and oxygen atoms in total. The van der Waals surface area contributed by atoms with Crippen LogP contribution in [-0.2, 0) is 12.7 Å². The van der Waals surface area contributed by atoms with Crippen molar-refractivity contribution in [2.24, 2.45) is 0 Å². The Labute approximate surface area is 149 Å². The molecule has 27 heavy (non-hydrogen) atoms. The first-order valence-electron chi connectivity index (χ1n) is 7.61. The first-order valence-corrected chi connectivity index (χ1v) is 7.61. The Morgan fingerprint density at radius 3 is 2.33 bits per heavy atom. The number of nitro benzene ring substituents is 1. The molecule has 0 spiro atoms. The van der Waals surface area contributed by atoms with Crippen molar-refractivity contribution < 1.29 is 18.1 Å². The summed E-state index contributed by atoms with van der Waals surface area (Å²) in [7, 11) is 0. The van der Waals surface area contributed by atoms with Gasteiger partial charge < -0.3 is 0 Å². The van der Waals surface area contributed by atoms with E-state index in [2.05, 4.69) is 10.4 Å². The molecule has 0 aliphatic carbocycles. The highest BCUT2D eigenvalue weighted by molar-refractivity contribution is 5.41. The molecule has 0 aliphatic heterocycles. The summed E-state index contributed by atoms with van der Waals surface area (Å²) in [4.78, 5) is 22.7. The summed E-state index contributed by atoms with van der Waals surface area (Å²) >= 11 is 0. The molecule has 2 aromatic carbocycles. The van der Waals surface area contributed by atoms with Gasteiger partial charge in [0.25, 0.3) is 5.69 Å². The maximum Gasteiger partial charge on any atom is 0.416 e. The first-order chi connectivity index (χ1) is 12.7. The molecule has 3 aromatic rings. The Kier molecular flexibility index (Phi) is 4.52. The predicted octanol–water partition coefficient (Wildman–Crippen LogP) is 2.71. The highest BCUT2D eigenvalue weighted by Crippen LogP contribution is 2.29. The maximum absolute atomic E-state index is 12.6. The van der Waals surface area contributed by atoms with E-state index in [-0.39, 0.29) is 17.9 Å². The molecule has 11 heteroatoms. The Morgan fingerprint density at radius 1 is 1.11 bits per heavy atom. The lowest BCUT2D eigenvalue weighted by atomic mass is 10.1. The average Bonchev–Trinajstić information content (AvgIpc) is 2.95. The van der Waals surface area contributed by atoms with E-state index in [9.17, 15) is 28.1 Å². The summed E-state index contributed by atoms with van der Waals surface area (Å²) in [5, 5.41) is 18.2. The number of aromatic nitrogens is 4. The molecule has 0 saturated heterocycles. The third-order valence-corrected chi connectivity index (χ3v) is 3.87. The molecule has 0 atom stereocenters. The number of nitro groups is 1. The van der Waals surface area contributed by atoms with Crippen molar-refractivity contribution in [2.45, 2.75) is 19.6 Å². The van der Waals surface area contributed by atoms with E-state index in [1.54, 1.807) is 13.0 Å². The topological polar surface area (TPSA) is 95.8 Å². The standard InChI is InChI=1S/C16H12F3N5O3/c1-10-8-11(2-7-14(10)24(26)27)9-22-15(25)23(21-20-22)13-5-3-12(4-6-13)16(17,18)19/h2-8H,9H2,1H3. The third-order valence-electron chi connectivity index (χ3n) is 3.87. The van der Waals surface area contributed by atoms with Crippen LogP contribution in [0, 0.1) is 17.0 Å². The Bertz CT molecular complexity index is 1050. The number of rotatable bonds is 4. The predicted molar refractivity (Wildman–Crippen MR) is 87.6 cm³/mol. The smallest absolute Gasteiger partial charge is 0.258 e. The monoisotopic (exact) mass is 379 g/mol. The molecule has 1 aromatic heterocycles. The summed E-state index contributed by atoms with van der Waals surface area (Å²) < 4.78 is 39.7. The zero-order valence-corrected chi connectivity index (χ0v) is 13.8. The molecule has 1 heterocycles. The van der Waals surface area contributed by atoms with Crippen LogP contribution in [0.25, 0.3) is 5.69 Å². The number of nitrogens with zero attached hydrogens (tertiary/aromatic N) is 5. The van der Waals surface area contributed by atoms with Crippen LogP contribution in [0.1, 0.15) is 16.7 Å². The molecule has 0 unspecified atom stereocenters. The van der Waals surface area contributed by atoms with Crippen LogP contribution < -0.4 is 5.69 Å². The fraction of sp³-hybridized carbons (Fsp3) is 0.188. The lowest BCUT2D eigenvalue weighted by Crippen LogP contribution is -2.24. The number of tetrazole rings is 1. The van der Waals surface area contributed by atoms with Crippen molar-refractivity contribution in [3.63, 3.8) is 0 Å². The minimum absolute atomic E-state index is 0.0122. The average molecular weight is 379 g/mol. The molecule has 0 saturated carbocycles. The summed E-state index contributed by atoms with van der Waals surface area (Å²) in [6.07, 6.45) is -4.48. The lowest BCUT2D eigenvalue weighted by Gasteiger charge is -2.06. The summed E-state index contributed by atoms with van der Waals surface area (Å²) in [5.74, 6) is 0. The molecule has 0 N–H and O–H groups in total. The summed E-state index contributed by atoms with van der Waals surface area (Å²) in [5.41, 5.74) is -0.363. The zero-order chi connectivity index (χ0) is 19.8. The van der Waals surface area contributed by atoms with Gasteiger partial charge in [0.05, 0.1) is 22.7 Å². The van der Waals surface area contributed by atoms with Gasteiger partial charge in [-0.2, -0.15) is 22.5 Å². The van der Waals surface area contributed by atoms with Gasteiger partial charge in [0, 0.05) is 11.6 Å². The molecule has 3 rings (SSSR count). The summed E-state index contributed by atoms with van der Waals surface area (Å²) in [6, 6.07) is 8.33. The highest BCUT2D eigenvalue weighted by Gasteiger charge is 2.30. The number of halogens is 3. The first kappa shape index (κ1) is 18.3. The minimum atomic E-state index is -4.48. The number of aryl methyl sites for hydroxylation is 1. The van der Waals surface area contributed by atoms with Gasteiger partial charge in [-0.15, -0.1) is 0 Å². The molecule has 0 amide bonds. The van der Waals surface area contributed by atoms with Gasteiger partial charge >= 0.3 is 11.9 Å². The van der Waals surface area contributed by atoms with Crippen LogP contribution >= 0.6 is 0 Å².